The number of amides is 1. The topological polar surface area (TPSA) is 80.8 Å². The summed E-state index contributed by atoms with van der Waals surface area (Å²) in [5, 5.41) is 0.412. The third kappa shape index (κ3) is 5.26. The molecule has 8 heteroatoms. The van der Waals surface area contributed by atoms with Gasteiger partial charge >= 0.3 is 5.97 Å². The fourth-order valence-corrected chi connectivity index (χ4v) is 4.95. The van der Waals surface area contributed by atoms with Crippen LogP contribution in [0, 0.1) is 6.92 Å². The van der Waals surface area contributed by atoms with Crippen LogP contribution in [0.15, 0.2) is 108 Å². The first kappa shape index (κ1) is 24.2. The lowest BCUT2D eigenvalue weighted by Gasteiger charge is -2.23. The Hall–Kier alpha value is -3.94. The first-order valence-electron chi connectivity index (χ1n) is 10.6. The van der Waals surface area contributed by atoms with E-state index >= 15 is 0 Å². The summed E-state index contributed by atoms with van der Waals surface area (Å²) in [7, 11) is -4.30. The van der Waals surface area contributed by atoms with Crippen LogP contribution in [0.2, 0.25) is 5.02 Å². The predicted molar refractivity (Wildman–Crippen MR) is 134 cm³/mol. The van der Waals surface area contributed by atoms with Crippen molar-refractivity contribution in [2.75, 3.05) is 4.31 Å². The SMILES string of the molecule is Cc1cc(S(=O)(=O)N(C(=O)c2ccccc2)c2ccc(OC(=O)c3ccccc3)cc2)ccc1Cl. The molecule has 0 heterocycles. The van der Waals surface area contributed by atoms with Crippen LogP contribution in [-0.4, -0.2) is 20.3 Å². The molecule has 0 aromatic heterocycles. The fraction of sp³-hybridized carbons (Fsp3) is 0.0370. The highest BCUT2D eigenvalue weighted by Gasteiger charge is 2.32. The van der Waals surface area contributed by atoms with Gasteiger partial charge in [0.2, 0.25) is 0 Å². The molecule has 0 saturated heterocycles. The Morgan fingerprint density at radius 3 is 1.91 bits per heavy atom. The number of carbonyl (C=O) groups excluding carboxylic acids is 2. The maximum Gasteiger partial charge on any atom is 0.343 e. The molecule has 0 bridgehead atoms. The summed E-state index contributed by atoms with van der Waals surface area (Å²) in [6, 6.07) is 26.5. The number of benzene rings is 4. The molecule has 0 spiro atoms. The molecule has 0 aliphatic heterocycles. The van der Waals surface area contributed by atoms with Gasteiger partial charge < -0.3 is 4.74 Å². The van der Waals surface area contributed by atoms with E-state index in [9.17, 15) is 18.0 Å². The quantitative estimate of drug-likeness (QED) is 0.240. The molecule has 176 valence electrons. The van der Waals surface area contributed by atoms with E-state index in [2.05, 4.69) is 0 Å². The van der Waals surface area contributed by atoms with Crippen molar-refractivity contribution in [1.29, 1.82) is 0 Å². The van der Waals surface area contributed by atoms with Crippen LogP contribution in [-0.2, 0) is 10.0 Å². The monoisotopic (exact) mass is 505 g/mol. The molecule has 4 aromatic carbocycles. The molecular weight excluding hydrogens is 486 g/mol. The van der Waals surface area contributed by atoms with Gasteiger partial charge in [-0.15, -0.1) is 0 Å². The summed E-state index contributed by atoms with van der Waals surface area (Å²) in [5.41, 5.74) is 1.22. The van der Waals surface area contributed by atoms with Crippen LogP contribution in [0.4, 0.5) is 5.69 Å². The second-order valence-corrected chi connectivity index (χ2v) is 9.79. The van der Waals surface area contributed by atoms with Gasteiger partial charge in [-0.05, 0) is 79.2 Å². The predicted octanol–water partition coefficient (Wildman–Crippen LogP) is 5.90. The average Bonchev–Trinajstić information content (AvgIpc) is 2.87. The Morgan fingerprint density at radius 1 is 0.771 bits per heavy atom. The highest BCUT2D eigenvalue weighted by molar-refractivity contribution is 7.93. The first-order valence-corrected chi connectivity index (χ1v) is 12.4. The molecular formula is C27H20ClNO5S. The van der Waals surface area contributed by atoms with Gasteiger partial charge in [-0.2, -0.15) is 4.31 Å². The molecule has 0 radical (unpaired) electrons. The zero-order valence-electron chi connectivity index (χ0n) is 18.6. The maximum absolute atomic E-state index is 13.6. The maximum atomic E-state index is 13.6. The fourth-order valence-electron chi connectivity index (χ4n) is 3.34. The standard InChI is InChI=1S/C27H20ClNO5S/c1-19-18-24(16-17-25(19)28)35(32,33)29(26(30)20-8-4-2-5-9-20)22-12-14-23(15-13-22)34-27(31)21-10-6-3-7-11-21/h2-18H,1H3. The third-order valence-electron chi connectivity index (χ3n) is 5.16. The summed E-state index contributed by atoms with van der Waals surface area (Å²) in [6.07, 6.45) is 0. The molecule has 4 rings (SSSR count). The van der Waals surface area contributed by atoms with Crippen molar-refractivity contribution in [2.24, 2.45) is 0 Å². The van der Waals surface area contributed by atoms with Crippen LogP contribution in [0.1, 0.15) is 26.3 Å². The van der Waals surface area contributed by atoms with Gasteiger partial charge in [0, 0.05) is 10.6 Å². The van der Waals surface area contributed by atoms with Gasteiger partial charge in [0.1, 0.15) is 5.75 Å². The van der Waals surface area contributed by atoms with Crippen molar-refractivity contribution >= 4 is 39.2 Å². The van der Waals surface area contributed by atoms with Crippen molar-refractivity contribution in [3.05, 3.63) is 125 Å². The minimum absolute atomic E-state index is 0.0803. The van der Waals surface area contributed by atoms with Crippen LogP contribution < -0.4 is 9.04 Å². The number of carbonyl (C=O) groups is 2. The van der Waals surface area contributed by atoms with Crippen molar-refractivity contribution < 1.29 is 22.7 Å². The number of rotatable bonds is 6. The number of esters is 1. The minimum atomic E-state index is -4.30. The molecule has 0 N–H and O–H groups in total. The minimum Gasteiger partial charge on any atom is -0.423 e. The van der Waals surface area contributed by atoms with Crippen LogP contribution >= 0.6 is 11.6 Å². The van der Waals surface area contributed by atoms with E-state index in [1.165, 1.54) is 54.6 Å². The van der Waals surface area contributed by atoms with Crippen LogP contribution in [0.25, 0.3) is 0 Å². The molecule has 6 nitrogen and oxygen atoms in total. The summed E-state index contributed by atoms with van der Waals surface area (Å²) in [5.74, 6) is -1.08. The van der Waals surface area contributed by atoms with E-state index in [0.29, 0.717) is 16.1 Å². The molecule has 4 aromatic rings. The molecule has 0 unspecified atom stereocenters. The zero-order chi connectivity index (χ0) is 25.0. The van der Waals surface area contributed by atoms with E-state index < -0.39 is 21.9 Å². The lowest BCUT2D eigenvalue weighted by Crippen LogP contribution is -2.37. The molecule has 0 aliphatic carbocycles. The Labute approximate surface area is 208 Å². The number of ether oxygens (including phenoxy) is 1. The second kappa shape index (κ2) is 10.1. The number of hydrogen-bond acceptors (Lipinski definition) is 5. The summed E-state index contributed by atoms with van der Waals surface area (Å²) in [6.45, 7) is 1.68. The normalized spacial score (nSPS) is 11.0. The lowest BCUT2D eigenvalue weighted by molar-refractivity contribution is 0.0734. The van der Waals surface area contributed by atoms with Crippen molar-refractivity contribution in [3.63, 3.8) is 0 Å². The lowest BCUT2D eigenvalue weighted by atomic mass is 10.2. The zero-order valence-corrected chi connectivity index (χ0v) is 20.2. The number of aryl methyl sites for hydroxylation is 1. The van der Waals surface area contributed by atoms with Gasteiger partial charge in [-0.1, -0.05) is 48.0 Å². The molecule has 1 amide bonds. The highest BCUT2D eigenvalue weighted by Crippen LogP contribution is 2.29. The Balaban J connectivity index is 1.72. The summed E-state index contributed by atoms with van der Waals surface area (Å²) >= 11 is 6.07. The number of hydrogen-bond donors (Lipinski definition) is 0. The van der Waals surface area contributed by atoms with E-state index in [-0.39, 0.29) is 21.9 Å². The largest absolute Gasteiger partial charge is 0.423 e. The van der Waals surface area contributed by atoms with Gasteiger partial charge in [-0.25, -0.2) is 13.2 Å². The summed E-state index contributed by atoms with van der Waals surface area (Å²) in [4.78, 5) is 25.7. The number of anilines is 1. The molecule has 0 aliphatic rings. The smallest absolute Gasteiger partial charge is 0.343 e. The van der Waals surface area contributed by atoms with E-state index in [0.717, 1.165) is 4.31 Å². The Bertz CT molecular complexity index is 1470. The molecule has 35 heavy (non-hydrogen) atoms. The van der Waals surface area contributed by atoms with E-state index in [1.54, 1.807) is 55.5 Å². The molecule has 0 atom stereocenters. The van der Waals surface area contributed by atoms with Crippen LogP contribution in [0.3, 0.4) is 0 Å². The van der Waals surface area contributed by atoms with Gasteiger partial charge in [0.25, 0.3) is 15.9 Å². The Morgan fingerprint density at radius 2 is 1.34 bits per heavy atom. The van der Waals surface area contributed by atoms with Gasteiger partial charge in [0.05, 0.1) is 16.1 Å². The van der Waals surface area contributed by atoms with Gasteiger partial charge in [0.15, 0.2) is 0 Å². The average molecular weight is 506 g/mol. The number of nitrogens with zero attached hydrogens (tertiary/aromatic N) is 1. The van der Waals surface area contributed by atoms with Crippen molar-refractivity contribution in [1.82, 2.24) is 0 Å². The number of halogens is 1. The molecule has 0 saturated carbocycles. The van der Waals surface area contributed by atoms with Crippen molar-refractivity contribution in [3.8, 4) is 5.75 Å². The van der Waals surface area contributed by atoms with Crippen molar-refractivity contribution in [2.45, 2.75) is 11.8 Å². The second-order valence-electron chi connectivity index (χ2n) is 7.60. The highest BCUT2D eigenvalue weighted by atomic mass is 35.5. The number of sulfonamides is 1. The van der Waals surface area contributed by atoms with Gasteiger partial charge in [-0.3, -0.25) is 4.79 Å². The van der Waals surface area contributed by atoms with E-state index in [1.807, 2.05) is 0 Å². The summed E-state index contributed by atoms with van der Waals surface area (Å²) < 4.78 is 33.4. The van der Waals surface area contributed by atoms with E-state index in [4.69, 9.17) is 16.3 Å². The Kier molecular flexibility index (Phi) is 7.00. The molecule has 0 fully saturated rings. The third-order valence-corrected chi connectivity index (χ3v) is 7.30. The first-order chi connectivity index (χ1) is 16.8. The van der Waals surface area contributed by atoms with Crippen LogP contribution in [0.5, 0.6) is 5.75 Å².